The van der Waals surface area contributed by atoms with Crippen molar-refractivity contribution in [3.05, 3.63) is 47.7 Å². The van der Waals surface area contributed by atoms with Gasteiger partial charge in [0.2, 0.25) is 5.91 Å². The van der Waals surface area contributed by atoms with Gasteiger partial charge in [0.25, 0.3) is 10.0 Å². The lowest BCUT2D eigenvalue weighted by Gasteiger charge is -2.22. The lowest BCUT2D eigenvalue weighted by atomic mass is 10.1. The summed E-state index contributed by atoms with van der Waals surface area (Å²) in [6, 6.07) is 8.65. The van der Waals surface area contributed by atoms with Gasteiger partial charge < -0.3 is 5.32 Å². The van der Waals surface area contributed by atoms with Gasteiger partial charge in [-0.1, -0.05) is 6.07 Å². The monoisotopic (exact) mass is 343 g/mol. The number of nitrogens with one attached hydrogen (secondary N) is 1. The lowest BCUT2D eigenvalue weighted by molar-refractivity contribution is -0.115. The number of hydrogen-bond donors (Lipinski definition) is 1. The van der Waals surface area contributed by atoms with Gasteiger partial charge in [-0.25, -0.2) is 17.7 Å². The van der Waals surface area contributed by atoms with E-state index in [2.05, 4.69) is 10.3 Å². The maximum Gasteiger partial charge on any atom is 0.265 e. The molecule has 1 aliphatic heterocycles. The topological polar surface area (TPSA) is 79.4 Å². The van der Waals surface area contributed by atoms with Crippen LogP contribution in [0.15, 0.2) is 41.4 Å². The van der Waals surface area contributed by atoms with Crippen molar-refractivity contribution in [2.75, 3.05) is 16.2 Å². The number of aromatic nitrogens is 1. The predicted molar refractivity (Wildman–Crippen MR) is 90.5 cm³/mol. The Morgan fingerprint density at radius 2 is 1.92 bits per heavy atom. The molecule has 6 nitrogen and oxygen atoms in total. The minimum absolute atomic E-state index is 0.0786. The van der Waals surface area contributed by atoms with Gasteiger partial charge in [-0.2, -0.15) is 0 Å². The minimum atomic E-state index is -3.77. The molecule has 2 aliphatic rings. The highest BCUT2D eigenvalue weighted by molar-refractivity contribution is 7.92. The number of nitrogens with zero attached hydrogens (tertiary/aromatic N) is 2. The number of benzene rings is 1. The molecule has 0 unspecified atom stereocenters. The van der Waals surface area contributed by atoms with Crippen LogP contribution in [-0.2, 0) is 27.7 Å². The molecule has 0 radical (unpaired) electrons. The minimum Gasteiger partial charge on any atom is -0.323 e. The SMILES string of the molecule is O=C1CCN(S(=O)(=O)c2ccc3c(c2)CCC3)c2ncccc2N1. The molecular weight excluding hydrogens is 326 g/mol. The number of carbonyl (C=O) groups is 1. The van der Waals surface area contributed by atoms with Crippen molar-refractivity contribution in [1.82, 2.24) is 4.98 Å². The highest BCUT2D eigenvalue weighted by Gasteiger charge is 2.31. The number of fused-ring (bicyclic) bond motifs is 2. The van der Waals surface area contributed by atoms with Crippen molar-refractivity contribution in [2.45, 2.75) is 30.6 Å². The van der Waals surface area contributed by atoms with Crippen molar-refractivity contribution in [3.63, 3.8) is 0 Å². The summed E-state index contributed by atoms with van der Waals surface area (Å²) in [7, 11) is -3.77. The van der Waals surface area contributed by atoms with Crippen molar-refractivity contribution in [3.8, 4) is 0 Å². The first-order chi connectivity index (χ1) is 11.6. The Balaban J connectivity index is 1.81. The Morgan fingerprint density at radius 3 is 2.79 bits per heavy atom. The first-order valence-corrected chi connectivity index (χ1v) is 9.39. The van der Waals surface area contributed by atoms with Crippen molar-refractivity contribution >= 4 is 27.4 Å². The fourth-order valence-electron chi connectivity index (χ4n) is 3.28. The molecule has 2 aromatic rings. The van der Waals surface area contributed by atoms with Crippen LogP contribution in [0.4, 0.5) is 11.5 Å². The van der Waals surface area contributed by atoms with Crippen molar-refractivity contribution < 1.29 is 13.2 Å². The molecule has 2 heterocycles. The highest BCUT2D eigenvalue weighted by atomic mass is 32.2. The Morgan fingerprint density at radius 1 is 1.08 bits per heavy atom. The molecule has 1 N–H and O–H groups in total. The van der Waals surface area contributed by atoms with E-state index < -0.39 is 10.0 Å². The van der Waals surface area contributed by atoms with Crippen LogP contribution in [0, 0.1) is 0 Å². The van der Waals surface area contributed by atoms with Gasteiger partial charge in [0.05, 0.1) is 10.6 Å². The summed E-state index contributed by atoms with van der Waals surface area (Å²) < 4.78 is 27.5. The maximum atomic E-state index is 13.2. The number of hydrogen-bond acceptors (Lipinski definition) is 4. The Kier molecular flexibility index (Phi) is 3.53. The van der Waals surface area contributed by atoms with E-state index >= 15 is 0 Å². The Bertz CT molecular complexity index is 924. The number of rotatable bonds is 2. The van der Waals surface area contributed by atoms with Crippen molar-refractivity contribution in [2.24, 2.45) is 0 Å². The van der Waals surface area contributed by atoms with Crippen LogP contribution in [0.3, 0.4) is 0 Å². The lowest BCUT2D eigenvalue weighted by Crippen LogP contribution is -2.32. The van der Waals surface area contributed by atoms with E-state index in [4.69, 9.17) is 0 Å². The summed E-state index contributed by atoms with van der Waals surface area (Å²) in [5, 5.41) is 2.71. The largest absolute Gasteiger partial charge is 0.323 e. The second kappa shape index (κ2) is 5.59. The van der Waals surface area contributed by atoms with E-state index in [1.165, 1.54) is 16.1 Å². The molecule has 0 saturated carbocycles. The summed E-state index contributed by atoms with van der Waals surface area (Å²) in [6.07, 6.45) is 4.60. The molecule has 0 fully saturated rings. The fourth-order valence-corrected chi connectivity index (χ4v) is 4.78. The van der Waals surface area contributed by atoms with Gasteiger partial charge in [-0.15, -0.1) is 0 Å². The average molecular weight is 343 g/mol. The van der Waals surface area contributed by atoms with Gasteiger partial charge in [0.15, 0.2) is 5.82 Å². The zero-order chi connectivity index (χ0) is 16.7. The first-order valence-electron chi connectivity index (χ1n) is 7.95. The standard InChI is InChI=1S/C17H17N3O3S/c21-16-8-10-20(17-15(19-16)5-2-9-18-17)24(22,23)14-7-6-12-3-1-4-13(12)11-14/h2,5-7,9,11H,1,3-4,8,10H2,(H,19,21). The number of aryl methyl sites for hydroxylation is 2. The molecule has 1 aromatic carbocycles. The van der Waals surface area contributed by atoms with E-state index in [9.17, 15) is 13.2 Å². The van der Waals surface area contributed by atoms with Gasteiger partial charge >= 0.3 is 0 Å². The third-order valence-corrected chi connectivity index (χ3v) is 6.28. The third-order valence-electron chi connectivity index (χ3n) is 4.50. The van der Waals surface area contributed by atoms with Gasteiger partial charge in [-0.3, -0.25) is 4.79 Å². The molecule has 0 saturated heterocycles. The number of sulfonamides is 1. The average Bonchev–Trinajstić information content (AvgIpc) is 2.96. The van der Waals surface area contributed by atoms with Crippen LogP contribution in [-0.4, -0.2) is 25.9 Å². The van der Waals surface area contributed by atoms with Crippen LogP contribution >= 0.6 is 0 Å². The van der Waals surface area contributed by atoms with E-state index in [0.29, 0.717) is 5.69 Å². The van der Waals surface area contributed by atoms with Crippen LogP contribution < -0.4 is 9.62 Å². The number of anilines is 2. The predicted octanol–water partition coefficient (Wildman–Crippen LogP) is 2.11. The summed E-state index contributed by atoms with van der Waals surface area (Å²) in [6.45, 7) is 0.0786. The second-order valence-corrected chi connectivity index (χ2v) is 7.90. The molecule has 0 bridgehead atoms. The summed E-state index contributed by atoms with van der Waals surface area (Å²) in [5.41, 5.74) is 2.74. The molecule has 0 atom stereocenters. The molecule has 0 spiro atoms. The van der Waals surface area contributed by atoms with E-state index in [1.54, 1.807) is 24.3 Å². The molecule has 1 aliphatic carbocycles. The molecule has 7 heteroatoms. The van der Waals surface area contributed by atoms with Crippen LogP contribution in [0.2, 0.25) is 0 Å². The van der Waals surface area contributed by atoms with E-state index in [0.717, 1.165) is 24.8 Å². The van der Waals surface area contributed by atoms with Gasteiger partial charge in [0, 0.05) is 19.2 Å². The number of pyridine rings is 1. The van der Waals surface area contributed by atoms with Crippen LogP contribution in [0.5, 0.6) is 0 Å². The van der Waals surface area contributed by atoms with Gasteiger partial charge in [0.1, 0.15) is 0 Å². The molecule has 1 aromatic heterocycles. The van der Waals surface area contributed by atoms with Crippen LogP contribution in [0.1, 0.15) is 24.0 Å². The Hall–Kier alpha value is -2.41. The summed E-state index contributed by atoms with van der Waals surface area (Å²) in [5.74, 6) is 0.0553. The zero-order valence-corrected chi connectivity index (χ0v) is 13.8. The fraction of sp³-hybridized carbons (Fsp3) is 0.294. The zero-order valence-electron chi connectivity index (χ0n) is 13.0. The summed E-state index contributed by atoms with van der Waals surface area (Å²) >= 11 is 0. The van der Waals surface area contributed by atoms with E-state index in [-0.39, 0.29) is 29.6 Å². The molecule has 24 heavy (non-hydrogen) atoms. The quantitative estimate of drug-likeness (QED) is 0.906. The third kappa shape index (κ3) is 2.45. The normalized spacial score (nSPS) is 17.0. The van der Waals surface area contributed by atoms with Crippen LogP contribution in [0.25, 0.3) is 0 Å². The first kappa shape index (κ1) is 15.1. The van der Waals surface area contributed by atoms with Gasteiger partial charge in [-0.05, 0) is 54.7 Å². The van der Waals surface area contributed by atoms with Crippen molar-refractivity contribution in [1.29, 1.82) is 0 Å². The number of amides is 1. The molecule has 4 rings (SSSR count). The molecular formula is C17H17N3O3S. The molecule has 1 amide bonds. The smallest absolute Gasteiger partial charge is 0.265 e. The summed E-state index contributed by atoms with van der Waals surface area (Å²) in [4.78, 5) is 16.3. The van der Waals surface area contributed by atoms with E-state index in [1.807, 2.05) is 6.07 Å². The molecule has 124 valence electrons. The number of carbonyl (C=O) groups excluding carboxylic acids is 1. The second-order valence-electron chi connectivity index (χ2n) is 6.03. The Labute approximate surface area is 140 Å². The highest BCUT2D eigenvalue weighted by Crippen LogP contribution is 2.32. The maximum absolute atomic E-state index is 13.2.